The minimum absolute atomic E-state index is 0.131. The van der Waals surface area contributed by atoms with E-state index >= 15 is 0 Å². The summed E-state index contributed by atoms with van der Waals surface area (Å²) in [6.07, 6.45) is 5.31. The number of nitrogens with zero attached hydrogens (tertiary/aromatic N) is 1. The van der Waals surface area contributed by atoms with Crippen molar-refractivity contribution in [3.05, 3.63) is 23.8 Å². The predicted octanol–water partition coefficient (Wildman–Crippen LogP) is 2.75. The average Bonchev–Trinajstić information content (AvgIpc) is 3.00. The van der Waals surface area contributed by atoms with Crippen LogP contribution in [-0.2, 0) is 14.3 Å². The number of amides is 1. The Morgan fingerprint density at radius 1 is 1.23 bits per heavy atom. The summed E-state index contributed by atoms with van der Waals surface area (Å²) in [5.41, 5.74) is 1.70. The van der Waals surface area contributed by atoms with E-state index in [1.54, 1.807) is 7.11 Å². The summed E-state index contributed by atoms with van der Waals surface area (Å²) in [5.74, 6) is 0.744. The highest BCUT2D eigenvalue weighted by Crippen LogP contribution is 2.40. The molecule has 2 fully saturated rings. The number of hydrogen-bond donors (Lipinski definition) is 1. The van der Waals surface area contributed by atoms with Crippen molar-refractivity contribution < 1.29 is 19.1 Å². The maximum atomic E-state index is 12.7. The molecule has 1 aromatic carbocycles. The van der Waals surface area contributed by atoms with E-state index in [0.29, 0.717) is 17.4 Å². The fraction of sp³-hybridized carbons (Fsp3) is 0.600. The molecule has 1 heterocycles. The maximum absolute atomic E-state index is 12.7. The zero-order valence-corrected chi connectivity index (χ0v) is 15.8. The third-order valence-electron chi connectivity index (χ3n) is 5.65. The first-order valence-corrected chi connectivity index (χ1v) is 9.31. The highest BCUT2D eigenvalue weighted by molar-refractivity contribution is 5.94. The first-order valence-electron chi connectivity index (χ1n) is 9.31. The van der Waals surface area contributed by atoms with Crippen LogP contribution in [0.4, 0.5) is 5.69 Å². The second kappa shape index (κ2) is 8.08. The smallest absolute Gasteiger partial charge is 0.323 e. The van der Waals surface area contributed by atoms with E-state index in [0.717, 1.165) is 31.2 Å². The molecule has 6 heteroatoms. The lowest BCUT2D eigenvalue weighted by molar-refractivity contribution is -0.146. The second-order valence-corrected chi connectivity index (χ2v) is 7.31. The van der Waals surface area contributed by atoms with Crippen LogP contribution in [0, 0.1) is 12.8 Å². The van der Waals surface area contributed by atoms with Crippen molar-refractivity contribution in [1.29, 1.82) is 0 Å². The summed E-state index contributed by atoms with van der Waals surface area (Å²) < 4.78 is 10.3. The number of rotatable bonds is 5. The third-order valence-corrected chi connectivity index (χ3v) is 5.65. The van der Waals surface area contributed by atoms with Gasteiger partial charge in [-0.05, 0) is 49.8 Å². The van der Waals surface area contributed by atoms with Crippen LogP contribution in [0.2, 0.25) is 0 Å². The number of carbonyl (C=O) groups excluding carboxylic acids is 2. The van der Waals surface area contributed by atoms with Crippen LogP contribution in [0.1, 0.15) is 37.7 Å². The number of anilines is 1. The molecule has 142 valence electrons. The molecule has 1 saturated carbocycles. The van der Waals surface area contributed by atoms with Gasteiger partial charge in [0.25, 0.3) is 0 Å². The molecule has 0 spiro atoms. The van der Waals surface area contributed by atoms with Crippen molar-refractivity contribution in [2.45, 2.75) is 51.1 Å². The molecule has 1 amide bonds. The summed E-state index contributed by atoms with van der Waals surface area (Å²) >= 11 is 0. The van der Waals surface area contributed by atoms with Crippen molar-refractivity contribution in [2.24, 2.45) is 5.92 Å². The van der Waals surface area contributed by atoms with Crippen LogP contribution < -0.4 is 10.1 Å². The molecule has 6 nitrogen and oxygen atoms in total. The fourth-order valence-electron chi connectivity index (χ4n) is 4.42. The first-order chi connectivity index (χ1) is 12.5. The van der Waals surface area contributed by atoms with Gasteiger partial charge in [0, 0.05) is 6.04 Å². The van der Waals surface area contributed by atoms with Gasteiger partial charge in [-0.3, -0.25) is 14.5 Å². The van der Waals surface area contributed by atoms with Gasteiger partial charge in [0.15, 0.2) is 0 Å². The van der Waals surface area contributed by atoms with Crippen molar-refractivity contribution in [1.82, 2.24) is 4.90 Å². The molecule has 1 aromatic rings. The maximum Gasteiger partial charge on any atom is 0.323 e. The average molecular weight is 360 g/mol. The molecule has 2 aliphatic rings. The highest BCUT2D eigenvalue weighted by atomic mass is 16.5. The predicted molar refractivity (Wildman–Crippen MR) is 99.2 cm³/mol. The quantitative estimate of drug-likeness (QED) is 0.818. The van der Waals surface area contributed by atoms with E-state index in [-0.39, 0.29) is 30.5 Å². The minimum Gasteiger partial charge on any atom is -0.495 e. The van der Waals surface area contributed by atoms with Crippen LogP contribution in [0.15, 0.2) is 18.2 Å². The Morgan fingerprint density at radius 2 is 2.00 bits per heavy atom. The zero-order chi connectivity index (χ0) is 18.7. The van der Waals surface area contributed by atoms with Crippen molar-refractivity contribution >= 4 is 17.6 Å². The van der Waals surface area contributed by atoms with Crippen LogP contribution >= 0.6 is 0 Å². The number of likely N-dealkylation sites (tertiary alicyclic amines) is 1. The van der Waals surface area contributed by atoms with E-state index in [2.05, 4.69) is 5.32 Å². The fourth-order valence-corrected chi connectivity index (χ4v) is 4.42. The number of hydrogen-bond acceptors (Lipinski definition) is 5. The van der Waals surface area contributed by atoms with Crippen LogP contribution in [0.3, 0.4) is 0 Å². The molecule has 0 aromatic heterocycles. The van der Waals surface area contributed by atoms with E-state index in [9.17, 15) is 9.59 Å². The number of carbonyl (C=O) groups is 2. The standard InChI is InChI=1S/C20H28N2O4/c1-13-8-9-18(25-2)15(10-13)21-19(23)12-22-16-7-5-4-6-14(16)11-17(22)20(24)26-3/h8-10,14,16-17H,4-7,11-12H2,1-3H3,(H,21,23). The lowest BCUT2D eigenvalue weighted by atomic mass is 9.85. The summed E-state index contributed by atoms with van der Waals surface area (Å²) in [4.78, 5) is 27.0. The molecule has 3 rings (SSSR count). The number of fused-ring (bicyclic) bond motifs is 1. The van der Waals surface area contributed by atoms with E-state index < -0.39 is 0 Å². The third kappa shape index (κ3) is 3.85. The van der Waals surface area contributed by atoms with Crippen molar-refractivity contribution in [3.63, 3.8) is 0 Å². The van der Waals surface area contributed by atoms with E-state index in [1.807, 2.05) is 30.0 Å². The molecule has 0 bridgehead atoms. The molecule has 0 radical (unpaired) electrons. The minimum atomic E-state index is -0.321. The Hall–Kier alpha value is -2.08. The van der Waals surface area contributed by atoms with Crippen molar-refractivity contribution in [2.75, 3.05) is 26.1 Å². The Labute approximate surface area is 154 Å². The molecule has 1 saturated heterocycles. The van der Waals surface area contributed by atoms with Gasteiger partial charge in [0.05, 0.1) is 26.5 Å². The summed E-state index contributed by atoms with van der Waals surface area (Å²) in [5, 5.41) is 2.94. The summed E-state index contributed by atoms with van der Waals surface area (Å²) in [7, 11) is 3.00. The molecular formula is C20H28N2O4. The Bertz CT molecular complexity index is 676. The van der Waals surface area contributed by atoms with Gasteiger partial charge in [-0.2, -0.15) is 0 Å². The van der Waals surface area contributed by atoms with Gasteiger partial charge in [0.1, 0.15) is 11.8 Å². The number of ether oxygens (including phenoxy) is 2. The SMILES string of the molecule is COC(=O)C1CC2CCCCC2N1CC(=O)Nc1cc(C)ccc1OC. The van der Waals surface area contributed by atoms with Crippen molar-refractivity contribution in [3.8, 4) is 5.75 Å². The van der Waals surface area contributed by atoms with Gasteiger partial charge in [0.2, 0.25) is 5.91 Å². The van der Waals surface area contributed by atoms with Crippen LogP contribution in [0.5, 0.6) is 5.75 Å². The number of nitrogens with one attached hydrogen (secondary N) is 1. The summed E-state index contributed by atoms with van der Waals surface area (Å²) in [6, 6.07) is 5.64. The lowest BCUT2D eigenvalue weighted by Crippen LogP contribution is -2.46. The first kappa shape index (κ1) is 18.7. The Balaban J connectivity index is 1.73. The van der Waals surface area contributed by atoms with Gasteiger partial charge in [-0.15, -0.1) is 0 Å². The van der Waals surface area contributed by atoms with Gasteiger partial charge >= 0.3 is 5.97 Å². The monoisotopic (exact) mass is 360 g/mol. The Morgan fingerprint density at radius 3 is 2.73 bits per heavy atom. The Kier molecular flexibility index (Phi) is 5.81. The van der Waals surface area contributed by atoms with Crippen LogP contribution in [0.25, 0.3) is 0 Å². The van der Waals surface area contributed by atoms with Gasteiger partial charge in [-0.25, -0.2) is 0 Å². The number of benzene rings is 1. The molecular weight excluding hydrogens is 332 g/mol. The second-order valence-electron chi connectivity index (χ2n) is 7.31. The molecule has 1 N–H and O–H groups in total. The van der Waals surface area contributed by atoms with E-state index in [4.69, 9.17) is 9.47 Å². The molecule has 1 aliphatic carbocycles. The number of aryl methyl sites for hydroxylation is 1. The topological polar surface area (TPSA) is 67.9 Å². The van der Waals surface area contributed by atoms with Crippen LogP contribution in [-0.4, -0.2) is 49.6 Å². The number of esters is 1. The zero-order valence-electron chi connectivity index (χ0n) is 15.8. The molecule has 3 unspecified atom stereocenters. The van der Waals surface area contributed by atoms with Gasteiger partial charge in [-0.1, -0.05) is 18.9 Å². The largest absolute Gasteiger partial charge is 0.495 e. The normalized spacial score (nSPS) is 25.4. The molecule has 3 atom stereocenters. The van der Waals surface area contributed by atoms with E-state index in [1.165, 1.54) is 13.5 Å². The lowest BCUT2D eigenvalue weighted by Gasteiger charge is -2.32. The molecule has 1 aliphatic heterocycles. The summed E-state index contributed by atoms with van der Waals surface area (Å²) in [6.45, 7) is 2.16. The number of methoxy groups -OCH3 is 2. The highest BCUT2D eigenvalue weighted by Gasteiger charge is 2.46. The molecule has 26 heavy (non-hydrogen) atoms. The van der Waals surface area contributed by atoms with Gasteiger partial charge < -0.3 is 14.8 Å².